The summed E-state index contributed by atoms with van der Waals surface area (Å²) in [6, 6.07) is 0. The minimum absolute atomic E-state index is 0.0559. The van der Waals surface area contributed by atoms with Crippen LogP contribution in [-0.4, -0.2) is 27.2 Å². The molecular weight excluding hydrogens is 224 g/mol. The highest BCUT2D eigenvalue weighted by atomic mass is 16.7. The SMILES string of the molecule is Cc1nc(C(C)(C)C)ncc1C(=O)OC(=O)O. The Labute approximate surface area is 98.7 Å². The van der Waals surface area contributed by atoms with Crippen molar-refractivity contribution in [3.63, 3.8) is 0 Å². The molecule has 0 saturated carbocycles. The van der Waals surface area contributed by atoms with Crippen molar-refractivity contribution in [1.29, 1.82) is 0 Å². The first-order valence-electron chi connectivity index (χ1n) is 5.01. The summed E-state index contributed by atoms with van der Waals surface area (Å²) in [5, 5.41) is 8.34. The van der Waals surface area contributed by atoms with Gasteiger partial charge in [-0.2, -0.15) is 0 Å². The highest BCUT2D eigenvalue weighted by Crippen LogP contribution is 2.19. The second-order valence-corrected chi connectivity index (χ2v) is 4.60. The molecule has 0 bridgehead atoms. The number of hydrogen-bond donors (Lipinski definition) is 1. The molecule has 1 heterocycles. The molecule has 0 aliphatic carbocycles. The van der Waals surface area contributed by atoms with E-state index in [1.807, 2.05) is 20.8 Å². The first-order valence-corrected chi connectivity index (χ1v) is 5.01. The number of aryl methyl sites for hydroxylation is 1. The number of aromatic nitrogens is 2. The van der Waals surface area contributed by atoms with Crippen LogP contribution in [0.4, 0.5) is 4.79 Å². The maximum absolute atomic E-state index is 11.4. The van der Waals surface area contributed by atoms with Crippen LogP contribution in [0.25, 0.3) is 0 Å². The molecule has 0 atom stereocenters. The molecule has 0 saturated heterocycles. The third kappa shape index (κ3) is 3.24. The Kier molecular flexibility index (Phi) is 3.45. The molecule has 6 nitrogen and oxygen atoms in total. The summed E-state index contributed by atoms with van der Waals surface area (Å²) in [7, 11) is 0. The third-order valence-corrected chi connectivity index (χ3v) is 2.05. The van der Waals surface area contributed by atoms with Crippen LogP contribution in [0.1, 0.15) is 42.6 Å². The number of esters is 1. The standard InChI is InChI=1S/C11H14N2O4/c1-6-7(8(14)17-10(15)16)5-12-9(13-6)11(2,3)4/h5H,1-4H3,(H,15,16). The van der Waals surface area contributed by atoms with Crippen LogP contribution in [0.5, 0.6) is 0 Å². The predicted molar refractivity (Wildman–Crippen MR) is 58.9 cm³/mol. The lowest BCUT2D eigenvalue weighted by atomic mass is 9.95. The molecule has 0 spiro atoms. The van der Waals surface area contributed by atoms with Crippen molar-refractivity contribution in [3.8, 4) is 0 Å². The molecule has 0 aliphatic rings. The number of nitrogens with zero attached hydrogens (tertiary/aromatic N) is 2. The minimum atomic E-state index is -1.64. The molecule has 1 N–H and O–H groups in total. The van der Waals surface area contributed by atoms with Gasteiger partial charge >= 0.3 is 12.1 Å². The summed E-state index contributed by atoms with van der Waals surface area (Å²) >= 11 is 0. The lowest BCUT2D eigenvalue weighted by molar-refractivity contribution is 0.0507. The van der Waals surface area contributed by atoms with Gasteiger partial charge in [0.1, 0.15) is 5.82 Å². The zero-order valence-electron chi connectivity index (χ0n) is 10.1. The van der Waals surface area contributed by atoms with E-state index in [2.05, 4.69) is 14.7 Å². The van der Waals surface area contributed by atoms with Crippen molar-refractivity contribution >= 4 is 12.1 Å². The largest absolute Gasteiger partial charge is 0.513 e. The Hall–Kier alpha value is -1.98. The van der Waals surface area contributed by atoms with E-state index in [-0.39, 0.29) is 11.0 Å². The third-order valence-electron chi connectivity index (χ3n) is 2.05. The van der Waals surface area contributed by atoms with Crippen molar-refractivity contribution in [3.05, 3.63) is 23.3 Å². The lowest BCUT2D eigenvalue weighted by Gasteiger charge is -2.17. The summed E-state index contributed by atoms with van der Waals surface area (Å²) in [6.07, 6.45) is -0.358. The molecular formula is C11H14N2O4. The summed E-state index contributed by atoms with van der Waals surface area (Å²) in [5.41, 5.74) is 0.219. The van der Waals surface area contributed by atoms with E-state index in [1.54, 1.807) is 6.92 Å². The van der Waals surface area contributed by atoms with E-state index in [0.717, 1.165) is 0 Å². The normalized spacial score (nSPS) is 11.1. The van der Waals surface area contributed by atoms with E-state index in [9.17, 15) is 9.59 Å². The van der Waals surface area contributed by atoms with Gasteiger partial charge in [-0.25, -0.2) is 19.6 Å². The number of carboxylic acid groups (broad SMARTS) is 1. The molecule has 1 aromatic rings. The van der Waals surface area contributed by atoms with Gasteiger partial charge in [0, 0.05) is 11.6 Å². The van der Waals surface area contributed by atoms with Crippen LogP contribution in [0.3, 0.4) is 0 Å². The minimum Gasteiger partial charge on any atom is -0.449 e. The van der Waals surface area contributed by atoms with Gasteiger partial charge in [-0.3, -0.25) is 0 Å². The van der Waals surface area contributed by atoms with Gasteiger partial charge < -0.3 is 9.84 Å². The molecule has 0 unspecified atom stereocenters. The van der Waals surface area contributed by atoms with Crippen molar-refractivity contribution in [2.45, 2.75) is 33.1 Å². The fourth-order valence-electron chi connectivity index (χ4n) is 1.16. The van der Waals surface area contributed by atoms with Crippen LogP contribution < -0.4 is 0 Å². The van der Waals surface area contributed by atoms with Crippen LogP contribution in [0.15, 0.2) is 6.20 Å². The first-order chi connectivity index (χ1) is 7.71. The molecule has 0 radical (unpaired) electrons. The van der Waals surface area contributed by atoms with E-state index < -0.39 is 12.1 Å². The summed E-state index contributed by atoms with van der Waals surface area (Å²) < 4.78 is 4.04. The van der Waals surface area contributed by atoms with Crippen molar-refractivity contribution in [2.75, 3.05) is 0 Å². The highest BCUT2D eigenvalue weighted by Gasteiger charge is 2.21. The summed E-state index contributed by atoms with van der Waals surface area (Å²) in [6.45, 7) is 7.43. The molecule has 0 aromatic carbocycles. The number of rotatable bonds is 1. The molecule has 17 heavy (non-hydrogen) atoms. The fourth-order valence-corrected chi connectivity index (χ4v) is 1.16. The highest BCUT2D eigenvalue weighted by molar-refractivity contribution is 5.95. The predicted octanol–water partition coefficient (Wildman–Crippen LogP) is 1.92. The van der Waals surface area contributed by atoms with Gasteiger partial charge in [-0.05, 0) is 6.92 Å². The van der Waals surface area contributed by atoms with Crippen LogP contribution >= 0.6 is 0 Å². The second-order valence-electron chi connectivity index (χ2n) is 4.60. The molecule has 92 valence electrons. The van der Waals surface area contributed by atoms with Crippen LogP contribution in [-0.2, 0) is 10.2 Å². The van der Waals surface area contributed by atoms with E-state index in [4.69, 9.17) is 5.11 Å². The fraction of sp³-hybridized carbons (Fsp3) is 0.455. The lowest BCUT2D eigenvalue weighted by Crippen LogP contribution is -2.19. The average Bonchev–Trinajstić information content (AvgIpc) is 2.14. The van der Waals surface area contributed by atoms with Crippen molar-refractivity contribution in [2.24, 2.45) is 0 Å². The maximum Gasteiger partial charge on any atom is 0.513 e. The topological polar surface area (TPSA) is 89.4 Å². The first kappa shape index (κ1) is 13.1. The molecule has 0 amide bonds. The van der Waals surface area contributed by atoms with Crippen molar-refractivity contribution in [1.82, 2.24) is 9.97 Å². The van der Waals surface area contributed by atoms with E-state index in [1.165, 1.54) is 6.20 Å². The van der Waals surface area contributed by atoms with Gasteiger partial charge in [-0.15, -0.1) is 0 Å². The Morgan fingerprint density at radius 1 is 1.35 bits per heavy atom. The van der Waals surface area contributed by atoms with Gasteiger partial charge in [0.15, 0.2) is 0 Å². The van der Waals surface area contributed by atoms with E-state index in [0.29, 0.717) is 11.5 Å². The number of hydrogen-bond acceptors (Lipinski definition) is 5. The maximum atomic E-state index is 11.4. The van der Waals surface area contributed by atoms with Crippen LogP contribution in [0.2, 0.25) is 0 Å². The van der Waals surface area contributed by atoms with Gasteiger partial charge in [0.25, 0.3) is 0 Å². The van der Waals surface area contributed by atoms with E-state index >= 15 is 0 Å². The Balaban J connectivity index is 3.06. The summed E-state index contributed by atoms with van der Waals surface area (Å²) in [4.78, 5) is 29.8. The van der Waals surface area contributed by atoms with Gasteiger partial charge in [0.2, 0.25) is 0 Å². The molecule has 0 fully saturated rings. The van der Waals surface area contributed by atoms with Gasteiger partial charge in [0.05, 0.1) is 11.3 Å². The molecule has 1 rings (SSSR count). The van der Waals surface area contributed by atoms with Crippen molar-refractivity contribution < 1.29 is 19.4 Å². The Morgan fingerprint density at radius 2 is 1.94 bits per heavy atom. The van der Waals surface area contributed by atoms with Gasteiger partial charge in [-0.1, -0.05) is 20.8 Å². The van der Waals surface area contributed by atoms with Crippen LogP contribution in [0, 0.1) is 6.92 Å². The Morgan fingerprint density at radius 3 is 2.35 bits per heavy atom. The Bertz CT molecular complexity index is 463. The molecule has 6 heteroatoms. The molecule has 0 aliphatic heterocycles. The smallest absolute Gasteiger partial charge is 0.449 e. The number of ether oxygens (including phenoxy) is 1. The second kappa shape index (κ2) is 4.48. The zero-order chi connectivity index (χ0) is 13.2. The average molecular weight is 238 g/mol. The molecule has 1 aromatic heterocycles. The number of carbonyl (C=O) groups excluding carboxylic acids is 1. The zero-order valence-corrected chi connectivity index (χ0v) is 10.1. The quantitative estimate of drug-likeness (QED) is 0.593. The monoisotopic (exact) mass is 238 g/mol. The number of carbonyl (C=O) groups is 2. The summed E-state index contributed by atoms with van der Waals surface area (Å²) in [5.74, 6) is -0.377.